The Bertz CT molecular complexity index is 970. The fraction of sp³-hybridized carbons (Fsp3) is 0.400. The number of nitrogens with two attached hydrogens (primary N) is 1. The largest absolute Gasteiger partial charge is 0.416 e. The van der Waals surface area contributed by atoms with Gasteiger partial charge in [-0.05, 0) is 69.7 Å². The van der Waals surface area contributed by atoms with E-state index in [9.17, 15) is 30.4 Å². The molecule has 0 unspecified atom stereocenters. The summed E-state index contributed by atoms with van der Waals surface area (Å²) in [6.45, 7) is 0.586. The number of alkyl halides is 3. The lowest BCUT2D eigenvalue weighted by molar-refractivity contribution is -0.137. The number of hydrogen-bond acceptors (Lipinski definition) is 4. The monoisotopic (exact) mass is 465 g/mol. The lowest BCUT2D eigenvalue weighted by Crippen LogP contribution is -2.27. The molecular weight excluding hydrogens is 441 g/mol. The Morgan fingerprint density at radius 2 is 1.58 bits per heavy atom. The van der Waals surface area contributed by atoms with Gasteiger partial charge in [0.1, 0.15) is 5.69 Å². The quantitative estimate of drug-likeness (QED) is 0.549. The average molecular weight is 465 g/mol. The molecule has 1 atom stereocenters. The molecule has 0 aromatic heterocycles. The summed E-state index contributed by atoms with van der Waals surface area (Å²) in [7, 11) is -0.613. The topological polar surface area (TPSA) is 75.4 Å². The lowest BCUT2D eigenvalue weighted by atomic mass is 10.0. The van der Waals surface area contributed by atoms with Crippen molar-refractivity contribution in [2.24, 2.45) is 5.14 Å². The SMILES string of the molecule is CN(C)CC[C@H](CCc1ccc(C(F)(F)F)cc1)Nc1c(F)cc(S(N)(=O)=O)cc1F. The highest BCUT2D eigenvalue weighted by atomic mass is 32.2. The van der Waals surface area contributed by atoms with E-state index in [0.29, 0.717) is 43.5 Å². The van der Waals surface area contributed by atoms with Crippen LogP contribution in [-0.4, -0.2) is 40.0 Å². The van der Waals surface area contributed by atoms with Crippen molar-refractivity contribution in [3.63, 3.8) is 0 Å². The molecule has 0 amide bonds. The fourth-order valence-corrected chi connectivity index (χ4v) is 3.50. The summed E-state index contributed by atoms with van der Waals surface area (Å²) in [6, 6.07) is 5.57. The number of nitrogens with zero attached hydrogens (tertiary/aromatic N) is 1. The summed E-state index contributed by atoms with van der Waals surface area (Å²) in [5.41, 5.74) is -0.587. The van der Waals surface area contributed by atoms with Gasteiger partial charge in [-0.2, -0.15) is 13.2 Å². The molecular formula is C20H24F5N3O2S. The molecule has 0 heterocycles. The highest BCUT2D eigenvalue weighted by Gasteiger charge is 2.30. The zero-order chi connectivity index (χ0) is 23.4. The maximum absolute atomic E-state index is 14.4. The van der Waals surface area contributed by atoms with Crippen LogP contribution in [0, 0.1) is 11.6 Å². The van der Waals surface area contributed by atoms with Crippen molar-refractivity contribution in [1.29, 1.82) is 0 Å². The van der Waals surface area contributed by atoms with Gasteiger partial charge in [-0.1, -0.05) is 12.1 Å². The van der Waals surface area contributed by atoms with Crippen LogP contribution in [0.3, 0.4) is 0 Å². The molecule has 2 aromatic rings. The van der Waals surface area contributed by atoms with Crippen LogP contribution in [0.25, 0.3) is 0 Å². The highest BCUT2D eigenvalue weighted by molar-refractivity contribution is 7.89. The van der Waals surface area contributed by atoms with E-state index in [0.717, 1.165) is 12.1 Å². The van der Waals surface area contributed by atoms with Crippen LogP contribution in [0.2, 0.25) is 0 Å². The van der Waals surface area contributed by atoms with Crippen molar-refractivity contribution in [1.82, 2.24) is 4.90 Å². The van der Waals surface area contributed by atoms with E-state index in [4.69, 9.17) is 5.14 Å². The average Bonchev–Trinajstić information content (AvgIpc) is 2.64. The summed E-state index contributed by atoms with van der Waals surface area (Å²) >= 11 is 0. The van der Waals surface area contributed by atoms with Crippen molar-refractivity contribution < 1.29 is 30.4 Å². The molecule has 0 fully saturated rings. The minimum Gasteiger partial charge on any atom is -0.378 e. The number of halogens is 5. The van der Waals surface area contributed by atoms with Gasteiger partial charge < -0.3 is 10.2 Å². The predicted octanol–water partition coefficient (Wildman–Crippen LogP) is 4.00. The molecule has 172 valence electrons. The third kappa shape index (κ3) is 7.44. The molecule has 11 heteroatoms. The van der Waals surface area contributed by atoms with Gasteiger partial charge in [0, 0.05) is 6.04 Å². The van der Waals surface area contributed by atoms with Gasteiger partial charge in [-0.25, -0.2) is 22.3 Å². The maximum Gasteiger partial charge on any atom is 0.416 e. The van der Waals surface area contributed by atoms with E-state index >= 15 is 0 Å². The number of sulfonamides is 1. The van der Waals surface area contributed by atoms with Gasteiger partial charge in [-0.3, -0.25) is 0 Å². The number of rotatable bonds is 9. The molecule has 0 saturated carbocycles. The second-order valence-electron chi connectivity index (χ2n) is 7.47. The van der Waals surface area contributed by atoms with Crippen LogP contribution in [-0.2, 0) is 22.6 Å². The summed E-state index contributed by atoms with van der Waals surface area (Å²) in [5.74, 6) is -2.21. The second kappa shape index (κ2) is 9.92. The zero-order valence-corrected chi connectivity index (χ0v) is 17.8. The van der Waals surface area contributed by atoms with E-state index in [-0.39, 0.29) is 0 Å². The number of aryl methyl sites for hydroxylation is 1. The summed E-state index contributed by atoms with van der Waals surface area (Å²) in [5, 5.41) is 7.68. The highest BCUT2D eigenvalue weighted by Crippen LogP contribution is 2.29. The van der Waals surface area contributed by atoms with Crippen LogP contribution in [0.1, 0.15) is 24.0 Å². The summed E-state index contributed by atoms with van der Waals surface area (Å²) < 4.78 is 89.5. The van der Waals surface area contributed by atoms with Crippen molar-refractivity contribution in [2.75, 3.05) is 26.0 Å². The molecule has 0 aliphatic rings. The van der Waals surface area contributed by atoms with Gasteiger partial charge in [0.25, 0.3) is 0 Å². The van der Waals surface area contributed by atoms with Gasteiger partial charge in [-0.15, -0.1) is 0 Å². The molecule has 31 heavy (non-hydrogen) atoms. The van der Waals surface area contributed by atoms with Gasteiger partial charge >= 0.3 is 6.18 Å². The summed E-state index contributed by atoms with van der Waals surface area (Å²) in [4.78, 5) is 1.20. The first-order chi connectivity index (χ1) is 14.3. The molecule has 2 aromatic carbocycles. The van der Waals surface area contributed by atoms with Crippen molar-refractivity contribution in [3.05, 3.63) is 59.2 Å². The van der Waals surface area contributed by atoms with E-state index < -0.39 is 50.0 Å². The number of anilines is 1. The Hall–Kier alpha value is -2.24. The first kappa shape index (κ1) is 25.0. The Labute approximate surface area is 178 Å². The molecule has 5 nitrogen and oxygen atoms in total. The van der Waals surface area contributed by atoms with Crippen molar-refractivity contribution >= 4 is 15.7 Å². The molecule has 0 aliphatic carbocycles. The molecule has 0 aliphatic heterocycles. The van der Waals surface area contributed by atoms with Crippen LogP contribution >= 0.6 is 0 Å². The van der Waals surface area contributed by atoms with E-state index in [1.807, 2.05) is 19.0 Å². The summed E-state index contributed by atoms with van der Waals surface area (Å²) in [6.07, 6.45) is -3.17. The van der Waals surface area contributed by atoms with E-state index in [2.05, 4.69) is 5.32 Å². The van der Waals surface area contributed by atoms with Crippen molar-refractivity contribution in [2.45, 2.75) is 36.4 Å². The predicted molar refractivity (Wildman–Crippen MR) is 108 cm³/mol. The first-order valence-corrected chi connectivity index (χ1v) is 10.9. The van der Waals surface area contributed by atoms with Gasteiger partial charge in [0.2, 0.25) is 10.0 Å². The minimum absolute atomic E-state index is 0.377. The Morgan fingerprint density at radius 3 is 2.03 bits per heavy atom. The Balaban J connectivity index is 2.17. The molecule has 0 spiro atoms. The third-order valence-electron chi connectivity index (χ3n) is 4.68. The first-order valence-electron chi connectivity index (χ1n) is 9.36. The molecule has 0 saturated heterocycles. The molecule has 2 rings (SSSR count). The minimum atomic E-state index is -4.42. The number of hydrogen-bond donors (Lipinski definition) is 2. The normalized spacial score (nSPS) is 13.5. The van der Waals surface area contributed by atoms with Crippen LogP contribution in [0.15, 0.2) is 41.3 Å². The third-order valence-corrected chi connectivity index (χ3v) is 5.57. The van der Waals surface area contributed by atoms with E-state index in [1.165, 1.54) is 12.1 Å². The standard InChI is InChI=1S/C20H24F5N3O2S/c1-28(2)10-9-15(8-5-13-3-6-14(7-4-13)20(23,24)25)27-19-17(21)11-16(12-18(19)22)31(26,29)30/h3-4,6-7,11-12,15,27H,5,8-10H2,1-2H3,(H2,26,29,30)/t15-/m0/s1. The Kier molecular flexibility index (Phi) is 8.01. The molecule has 3 N–H and O–H groups in total. The number of nitrogens with one attached hydrogen (secondary N) is 1. The maximum atomic E-state index is 14.4. The van der Waals surface area contributed by atoms with Crippen LogP contribution in [0.5, 0.6) is 0 Å². The number of benzene rings is 2. The second-order valence-corrected chi connectivity index (χ2v) is 9.03. The Morgan fingerprint density at radius 1 is 1.03 bits per heavy atom. The van der Waals surface area contributed by atoms with Crippen molar-refractivity contribution in [3.8, 4) is 0 Å². The van der Waals surface area contributed by atoms with Crippen LogP contribution in [0.4, 0.5) is 27.6 Å². The van der Waals surface area contributed by atoms with Gasteiger partial charge in [0.15, 0.2) is 11.6 Å². The smallest absolute Gasteiger partial charge is 0.378 e. The fourth-order valence-electron chi connectivity index (χ4n) is 2.96. The lowest BCUT2D eigenvalue weighted by Gasteiger charge is -2.23. The zero-order valence-electron chi connectivity index (χ0n) is 17.0. The number of primary sulfonamides is 1. The van der Waals surface area contributed by atoms with E-state index in [1.54, 1.807) is 0 Å². The molecule has 0 radical (unpaired) electrons. The van der Waals surface area contributed by atoms with Crippen LogP contribution < -0.4 is 10.5 Å². The molecule has 0 bridgehead atoms. The van der Waals surface area contributed by atoms with Gasteiger partial charge in [0.05, 0.1) is 10.5 Å².